The summed E-state index contributed by atoms with van der Waals surface area (Å²) in [6, 6.07) is 12.1. The van der Waals surface area contributed by atoms with Crippen LogP contribution >= 0.6 is 0 Å². The second-order valence-corrected chi connectivity index (χ2v) is 5.96. The van der Waals surface area contributed by atoms with Gasteiger partial charge in [-0.25, -0.2) is 0 Å². The molecule has 2 rings (SSSR count). The van der Waals surface area contributed by atoms with Crippen LogP contribution in [0.25, 0.3) is 0 Å². The molecule has 0 atom stereocenters. The van der Waals surface area contributed by atoms with Gasteiger partial charge in [-0.2, -0.15) is 0 Å². The highest BCUT2D eigenvalue weighted by molar-refractivity contribution is 5.95. The molecule has 5 nitrogen and oxygen atoms in total. The smallest absolute Gasteiger partial charge is 0.303 e. The molecule has 1 aromatic heterocycles. The maximum absolute atomic E-state index is 12.3. The molecule has 1 amide bonds. The molecule has 0 spiro atoms. The molecule has 128 valence electrons. The molecule has 0 saturated heterocycles. The van der Waals surface area contributed by atoms with Crippen LogP contribution in [0.1, 0.15) is 46.6 Å². The lowest BCUT2D eigenvalue weighted by Crippen LogP contribution is -2.25. The van der Waals surface area contributed by atoms with Gasteiger partial charge in [0.1, 0.15) is 0 Å². The lowest BCUT2D eigenvalue weighted by Gasteiger charge is -2.10. The monoisotopic (exact) mass is 328 g/mol. The summed E-state index contributed by atoms with van der Waals surface area (Å²) in [5, 5.41) is 11.5. The summed E-state index contributed by atoms with van der Waals surface area (Å²) < 4.78 is 2.13. The molecule has 0 fully saturated rings. The molecule has 24 heavy (non-hydrogen) atoms. The molecule has 2 aromatic rings. The first-order valence-corrected chi connectivity index (χ1v) is 8.19. The molecule has 0 bridgehead atoms. The number of unbranched alkanes of at least 4 members (excludes halogenated alkanes) is 1. The zero-order chi connectivity index (χ0) is 17.5. The van der Waals surface area contributed by atoms with E-state index in [1.807, 2.05) is 38.1 Å². The fourth-order valence-corrected chi connectivity index (χ4v) is 2.74. The standard InChI is InChI=1S/C19H24N2O3/c1-14-12-17(19(24)20-11-7-6-10-18(22)23)15(2)21(14)13-16-8-4-3-5-9-16/h3-5,8-9,12H,6-7,10-11,13H2,1-2H3,(H,20,24)(H,22,23). The molecule has 1 aromatic carbocycles. The van der Waals surface area contributed by atoms with Gasteiger partial charge in [0.05, 0.1) is 5.56 Å². The molecule has 0 radical (unpaired) electrons. The van der Waals surface area contributed by atoms with E-state index >= 15 is 0 Å². The highest BCUT2D eigenvalue weighted by Gasteiger charge is 2.15. The Morgan fingerprint density at radius 1 is 1.12 bits per heavy atom. The van der Waals surface area contributed by atoms with E-state index in [4.69, 9.17) is 5.11 Å². The van der Waals surface area contributed by atoms with E-state index in [1.54, 1.807) is 0 Å². The number of aryl methyl sites for hydroxylation is 1. The maximum Gasteiger partial charge on any atom is 0.303 e. The number of carboxylic acids is 1. The summed E-state index contributed by atoms with van der Waals surface area (Å²) >= 11 is 0. The van der Waals surface area contributed by atoms with Gasteiger partial charge in [-0.15, -0.1) is 0 Å². The minimum absolute atomic E-state index is 0.0993. The van der Waals surface area contributed by atoms with E-state index in [0.29, 0.717) is 24.9 Å². The molecule has 0 unspecified atom stereocenters. The van der Waals surface area contributed by atoms with Gasteiger partial charge < -0.3 is 15.0 Å². The Hall–Kier alpha value is -2.56. The molecule has 0 saturated carbocycles. The number of nitrogens with one attached hydrogen (secondary N) is 1. The van der Waals surface area contributed by atoms with E-state index in [2.05, 4.69) is 22.0 Å². The molecule has 1 heterocycles. The van der Waals surface area contributed by atoms with E-state index in [-0.39, 0.29) is 12.3 Å². The lowest BCUT2D eigenvalue weighted by molar-refractivity contribution is -0.137. The highest BCUT2D eigenvalue weighted by Crippen LogP contribution is 2.17. The van der Waals surface area contributed by atoms with Gasteiger partial charge in [-0.3, -0.25) is 9.59 Å². The van der Waals surface area contributed by atoms with Crippen molar-refractivity contribution in [2.75, 3.05) is 6.54 Å². The van der Waals surface area contributed by atoms with Crippen molar-refractivity contribution in [3.8, 4) is 0 Å². The molecular weight excluding hydrogens is 304 g/mol. The van der Waals surface area contributed by atoms with Crippen molar-refractivity contribution in [1.29, 1.82) is 0 Å². The van der Waals surface area contributed by atoms with E-state index in [9.17, 15) is 9.59 Å². The average molecular weight is 328 g/mol. The summed E-state index contributed by atoms with van der Waals surface area (Å²) in [6.45, 7) is 5.19. The van der Waals surface area contributed by atoms with Crippen molar-refractivity contribution in [3.63, 3.8) is 0 Å². The van der Waals surface area contributed by atoms with Crippen LogP contribution in [0.2, 0.25) is 0 Å². The van der Waals surface area contributed by atoms with E-state index in [0.717, 1.165) is 17.9 Å². The summed E-state index contributed by atoms with van der Waals surface area (Å²) in [6.07, 6.45) is 1.38. The Morgan fingerprint density at radius 3 is 2.50 bits per heavy atom. The zero-order valence-electron chi connectivity index (χ0n) is 14.2. The Labute approximate surface area is 142 Å². The first-order valence-electron chi connectivity index (χ1n) is 8.19. The third-order valence-corrected chi connectivity index (χ3v) is 4.10. The van der Waals surface area contributed by atoms with E-state index < -0.39 is 5.97 Å². The van der Waals surface area contributed by atoms with Crippen molar-refractivity contribution in [2.24, 2.45) is 0 Å². The largest absolute Gasteiger partial charge is 0.481 e. The second-order valence-electron chi connectivity index (χ2n) is 5.96. The number of carboxylic acid groups (broad SMARTS) is 1. The van der Waals surface area contributed by atoms with Gasteiger partial charge in [0.15, 0.2) is 0 Å². The number of hydrogen-bond acceptors (Lipinski definition) is 2. The van der Waals surface area contributed by atoms with Crippen molar-refractivity contribution in [1.82, 2.24) is 9.88 Å². The number of aromatic nitrogens is 1. The fourth-order valence-electron chi connectivity index (χ4n) is 2.74. The number of benzene rings is 1. The number of hydrogen-bond donors (Lipinski definition) is 2. The van der Waals surface area contributed by atoms with Crippen LogP contribution in [0.3, 0.4) is 0 Å². The normalized spacial score (nSPS) is 10.6. The molecule has 0 aliphatic heterocycles. The van der Waals surface area contributed by atoms with Crippen molar-refractivity contribution >= 4 is 11.9 Å². The summed E-state index contributed by atoms with van der Waals surface area (Å²) in [7, 11) is 0. The third kappa shape index (κ3) is 4.72. The van der Waals surface area contributed by atoms with Crippen LogP contribution in [0.15, 0.2) is 36.4 Å². The second kappa shape index (κ2) is 8.34. The van der Waals surface area contributed by atoms with Gasteiger partial charge in [-0.1, -0.05) is 30.3 Å². The number of nitrogens with zero attached hydrogens (tertiary/aromatic N) is 1. The van der Waals surface area contributed by atoms with Gasteiger partial charge in [0.2, 0.25) is 0 Å². The fraction of sp³-hybridized carbons (Fsp3) is 0.368. The lowest BCUT2D eigenvalue weighted by atomic mass is 10.2. The maximum atomic E-state index is 12.3. The number of aliphatic carboxylic acids is 1. The van der Waals surface area contributed by atoms with Crippen LogP contribution in [0.5, 0.6) is 0 Å². The Bertz CT molecular complexity index is 705. The number of carbonyl (C=O) groups is 2. The predicted octanol–water partition coefficient (Wildman–Crippen LogP) is 3.14. The van der Waals surface area contributed by atoms with Gasteiger partial charge in [0, 0.05) is 30.9 Å². The first kappa shape index (κ1) is 17.8. The number of rotatable bonds is 8. The van der Waals surface area contributed by atoms with Crippen LogP contribution in [-0.4, -0.2) is 28.1 Å². The number of carbonyl (C=O) groups excluding carboxylic acids is 1. The topological polar surface area (TPSA) is 71.3 Å². The Morgan fingerprint density at radius 2 is 1.83 bits per heavy atom. The minimum atomic E-state index is -0.800. The SMILES string of the molecule is Cc1cc(C(=O)NCCCCC(=O)O)c(C)n1Cc1ccccc1. The molecular formula is C19H24N2O3. The number of amides is 1. The quantitative estimate of drug-likeness (QED) is 0.731. The molecule has 2 N–H and O–H groups in total. The van der Waals surface area contributed by atoms with Crippen LogP contribution < -0.4 is 5.32 Å². The van der Waals surface area contributed by atoms with Crippen molar-refractivity contribution in [3.05, 3.63) is 58.9 Å². The van der Waals surface area contributed by atoms with Crippen LogP contribution in [-0.2, 0) is 11.3 Å². The van der Waals surface area contributed by atoms with Gasteiger partial charge in [-0.05, 0) is 38.3 Å². The summed E-state index contributed by atoms with van der Waals surface area (Å²) in [5.74, 6) is -0.900. The minimum Gasteiger partial charge on any atom is -0.481 e. The summed E-state index contributed by atoms with van der Waals surface area (Å²) in [4.78, 5) is 22.8. The predicted molar refractivity (Wildman–Crippen MR) is 93.3 cm³/mol. The zero-order valence-corrected chi connectivity index (χ0v) is 14.2. The summed E-state index contributed by atoms with van der Waals surface area (Å²) in [5.41, 5.74) is 3.87. The van der Waals surface area contributed by atoms with Crippen LogP contribution in [0.4, 0.5) is 0 Å². The van der Waals surface area contributed by atoms with Crippen molar-refractivity contribution in [2.45, 2.75) is 39.7 Å². The first-order chi connectivity index (χ1) is 11.5. The molecule has 0 aliphatic carbocycles. The van der Waals surface area contributed by atoms with Crippen molar-refractivity contribution < 1.29 is 14.7 Å². The third-order valence-electron chi connectivity index (χ3n) is 4.10. The average Bonchev–Trinajstić information content (AvgIpc) is 2.83. The Kier molecular flexibility index (Phi) is 6.18. The van der Waals surface area contributed by atoms with E-state index in [1.165, 1.54) is 5.56 Å². The Balaban J connectivity index is 1.97. The van der Waals surface area contributed by atoms with Gasteiger partial charge in [0.25, 0.3) is 5.91 Å². The molecule has 0 aliphatic rings. The molecule has 5 heteroatoms. The van der Waals surface area contributed by atoms with Gasteiger partial charge >= 0.3 is 5.97 Å². The highest BCUT2D eigenvalue weighted by atomic mass is 16.4. The van der Waals surface area contributed by atoms with Crippen LogP contribution in [0, 0.1) is 13.8 Å².